The third kappa shape index (κ3) is 3.57. The molecular formula is C10H18O. The van der Waals surface area contributed by atoms with E-state index in [-0.39, 0.29) is 0 Å². The summed E-state index contributed by atoms with van der Waals surface area (Å²) in [5.74, 6) is 0. The van der Waals surface area contributed by atoms with Gasteiger partial charge < -0.3 is 4.74 Å². The molecule has 0 aromatic rings. The molecule has 0 aliphatic carbocycles. The number of rotatable bonds is 2. The summed E-state index contributed by atoms with van der Waals surface area (Å²) in [5.41, 5.74) is 0. The minimum absolute atomic E-state index is 0.466. The van der Waals surface area contributed by atoms with Gasteiger partial charge in [-0.3, -0.25) is 0 Å². The van der Waals surface area contributed by atoms with Crippen molar-refractivity contribution in [3.8, 4) is 0 Å². The Morgan fingerprint density at radius 2 is 2.09 bits per heavy atom. The van der Waals surface area contributed by atoms with Gasteiger partial charge in [-0.1, -0.05) is 25.3 Å². The molecule has 0 amide bonds. The molecule has 1 saturated heterocycles. The van der Waals surface area contributed by atoms with Gasteiger partial charge >= 0.3 is 0 Å². The standard InChI is InChI=1S/C10H18O/c1-2-7-10-8-5-3-4-6-9-11-10/h2,10H,1,3-9H2. The van der Waals surface area contributed by atoms with E-state index in [4.69, 9.17) is 4.74 Å². The molecule has 1 fully saturated rings. The highest BCUT2D eigenvalue weighted by molar-refractivity contribution is 4.74. The second-order valence-corrected chi connectivity index (χ2v) is 3.22. The van der Waals surface area contributed by atoms with Crippen molar-refractivity contribution in [1.82, 2.24) is 0 Å². The smallest absolute Gasteiger partial charge is 0.0609 e. The minimum atomic E-state index is 0.466. The summed E-state index contributed by atoms with van der Waals surface area (Å²) in [6.45, 7) is 4.69. The van der Waals surface area contributed by atoms with Crippen molar-refractivity contribution >= 4 is 0 Å². The lowest BCUT2D eigenvalue weighted by molar-refractivity contribution is 0.0377. The fourth-order valence-electron chi connectivity index (χ4n) is 1.53. The number of hydrogen-bond donors (Lipinski definition) is 0. The molecule has 0 bridgehead atoms. The molecule has 0 saturated carbocycles. The lowest BCUT2D eigenvalue weighted by Gasteiger charge is -2.18. The summed E-state index contributed by atoms with van der Waals surface area (Å²) in [7, 11) is 0. The van der Waals surface area contributed by atoms with Crippen molar-refractivity contribution in [3.05, 3.63) is 12.7 Å². The van der Waals surface area contributed by atoms with Gasteiger partial charge in [0.25, 0.3) is 0 Å². The Labute approximate surface area is 69.4 Å². The predicted octanol–water partition coefficient (Wildman–Crippen LogP) is 2.91. The summed E-state index contributed by atoms with van der Waals surface area (Å²) in [5, 5.41) is 0. The highest BCUT2D eigenvalue weighted by atomic mass is 16.5. The Hall–Kier alpha value is -0.300. The largest absolute Gasteiger partial charge is 0.378 e. The van der Waals surface area contributed by atoms with Gasteiger partial charge in [0.2, 0.25) is 0 Å². The zero-order valence-corrected chi connectivity index (χ0v) is 7.22. The molecule has 1 heterocycles. The van der Waals surface area contributed by atoms with Gasteiger partial charge in [0.1, 0.15) is 0 Å². The molecular weight excluding hydrogens is 136 g/mol. The first kappa shape index (κ1) is 8.79. The van der Waals surface area contributed by atoms with E-state index in [1.54, 1.807) is 0 Å². The van der Waals surface area contributed by atoms with Crippen LogP contribution in [0, 0.1) is 0 Å². The van der Waals surface area contributed by atoms with E-state index in [1.807, 2.05) is 6.08 Å². The first-order valence-electron chi connectivity index (χ1n) is 4.66. The first-order chi connectivity index (χ1) is 5.43. The average molecular weight is 154 g/mol. The average Bonchev–Trinajstić information content (AvgIpc) is 1.94. The van der Waals surface area contributed by atoms with Crippen molar-refractivity contribution in [2.24, 2.45) is 0 Å². The van der Waals surface area contributed by atoms with E-state index in [9.17, 15) is 0 Å². The molecule has 1 nitrogen and oxygen atoms in total. The van der Waals surface area contributed by atoms with Crippen LogP contribution in [0.5, 0.6) is 0 Å². The Morgan fingerprint density at radius 1 is 1.27 bits per heavy atom. The highest BCUT2D eigenvalue weighted by Crippen LogP contribution is 2.15. The van der Waals surface area contributed by atoms with Crippen LogP contribution >= 0.6 is 0 Å². The molecule has 1 aliphatic rings. The third-order valence-corrected chi connectivity index (χ3v) is 2.20. The summed E-state index contributed by atoms with van der Waals surface area (Å²) < 4.78 is 5.65. The van der Waals surface area contributed by atoms with Gasteiger partial charge in [-0.05, 0) is 19.3 Å². The summed E-state index contributed by atoms with van der Waals surface area (Å²) in [6.07, 6.45) is 10.00. The van der Waals surface area contributed by atoms with Crippen LogP contribution in [0.2, 0.25) is 0 Å². The van der Waals surface area contributed by atoms with Crippen LogP contribution in [0.3, 0.4) is 0 Å². The van der Waals surface area contributed by atoms with Crippen LogP contribution in [-0.2, 0) is 4.74 Å². The van der Waals surface area contributed by atoms with Crippen molar-refractivity contribution < 1.29 is 4.74 Å². The van der Waals surface area contributed by atoms with Crippen LogP contribution in [-0.4, -0.2) is 12.7 Å². The molecule has 1 heteroatoms. The van der Waals surface area contributed by atoms with Gasteiger partial charge in [-0.25, -0.2) is 0 Å². The summed E-state index contributed by atoms with van der Waals surface area (Å²) in [6, 6.07) is 0. The van der Waals surface area contributed by atoms with E-state index in [0.717, 1.165) is 13.0 Å². The van der Waals surface area contributed by atoms with E-state index in [0.29, 0.717) is 6.10 Å². The van der Waals surface area contributed by atoms with Crippen LogP contribution in [0.25, 0.3) is 0 Å². The normalized spacial score (nSPS) is 27.1. The van der Waals surface area contributed by atoms with E-state index < -0.39 is 0 Å². The Morgan fingerprint density at radius 3 is 2.91 bits per heavy atom. The SMILES string of the molecule is C=CCC1CCCCCCO1. The summed E-state index contributed by atoms with van der Waals surface area (Å²) in [4.78, 5) is 0. The molecule has 0 aromatic heterocycles. The van der Waals surface area contributed by atoms with Crippen LogP contribution in [0.4, 0.5) is 0 Å². The van der Waals surface area contributed by atoms with Crippen molar-refractivity contribution in [2.45, 2.75) is 44.6 Å². The van der Waals surface area contributed by atoms with Crippen molar-refractivity contribution in [3.63, 3.8) is 0 Å². The Balaban J connectivity index is 2.20. The van der Waals surface area contributed by atoms with E-state index >= 15 is 0 Å². The summed E-state index contributed by atoms with van der Waals surface area (Å²) >= 11 is 0. The molecule has 0 N–H and O–H groups in total. The van der Waals surface area contributed by atoms with Crippen molar-refractivity contribution in [2.75, 3.05) is 6.61 Å². The zero-order valence-electron chi connectivity index (χ0n) is 7.22. The van der Waals surface area contributed by atoms with E-state index in [1.165, 1.54) is 32.1 Å². The van der Waals surface area contributed by atoms with Gasteiger partial charge in [-0.15, -0.1) is 6.58 Å². The molecule has 1 rings (SSSR count). The molecule has 1 unspecified atom stereocenters. The minimum Gasteiger partial charge on any atom is -0.378 e. The first-order valence-corrected chi connectivity index (χ1v) is 4.66. The molecule has 64 valence electrons. The second-order valence-electron chi connectivity index (χ2n) is 3.22. The third-order valence-electron chi connectivity index (χ3n) is 2.20. The van der Waals surface area contributed by atoms with Gasteiger partial charge in [0.05, 0.1) is 6.10 Å². The predicted molar refractivity (Wildman–Crippen MR) is 47.6 cm³/mol. The molecule has 1 atom stereocenters. The highest BCUT2D eigenvalue weighted by Gasteiger charge is 2.08. The fourth-order valence-corrected chi connectivity index (χ4v) is 1.53. The monoisotopic (exact) mass is 154 g/mol. The number of ether oxygens (including phenoxy) is 1. The molecule has 0 aromatic carbocycles. The molecule has 0 radical (unpaired) electrons. The fraction of sp³-hybridized carbons (Fsp3) is 0.800. The van der Waals surface area contributed by atoms with Crippen LogP contribution in [0.15, 0.2) is 12.7 Å². The second kappa shape index (κ2) is 5.36. The van der Waals surface area contributed by atoms with Gasteiger partial charge in [0, 0.05) is 6.61 Å². The molecule has 11 heavy (non-hydrogen) atoms. The zero-order chi connectivity index (χ0) is 7.94. The lowest BCUT2D eigenvalue weighted by atomic mass is 10.1. The molecule has 1 aliphatic heterocycles. The maximum atomic E-state index is 5.65. The lowest BCUT2D eigenvalue weighted by Crippen LogP contribution is -2.14. The van der Waals surface area contributed by atoms with Crippen LogP contribution < -0.4 is 0 Å². The Bertz CT molecular complexity index is 101. The van der Waals surface area contributed by atoms with Crippen molar-refractivity contribution in [1.29, 1.82) is 0 Å². The quantitative estimate of drug-likeness (QED) is 0.556. The maximum Gasteiger partial charge on any atom is 0.0609 e. The topological polar surface area (TPSA) is 9.23 Å². The van der Waals surface area contributed by atoms with Gasteiger partial charge in [-0.2, -0.15) is 0 Å². The number of hydrogen-bond acceptors (Lipinski definition) is 1. The van der Waals surface area contributed by atoms with E-state index in [2.05, 4.69) is 6.58 Å². The van der Waals surface area contributed by atoms with Gasteiger partial charge in [0.15, 0.2) is 0 Å². The van der Waals surface area contributed by atoms with Crippen LogP contribution in [0.1, 0.15) is 38.5 Å². The maximum absolute atomic E-state index is 5.65. The Kier molecular flexibility index (Phi) is 4.29. The molecule has 0 spiro atoms.